The third-order valence-electron chi connectivity index (χ3n) is 2.42. The summed E-state index contributed by atoms with van der Waals surface area (Å²) in [5.74, 6) is 0.642. The lowest BCUT2D eigenvalue weighted by Gasteiger charge is -2.06. The summed E-state index contributed by atoms with van der Waals surface area (Å²) in [4.78, 5) is 7.20. The molecule has 116 valence electrons. The van der Waals surface area contributed by atoms with E-state index < -0.39 is 10.0 Å². The number of methoxy groups -OCH3 is 1. The van der Waals surface area contributed by atoms with E-state index in [9.17, 15) is 8.42 Å². The van der Waals surface area contributed by atoms with Crippen molar-refractivity contribution in [2.24, 2.45) is 0 Å². The van der Waals surface area contributed by atoms with E-state index in [4.69, 9.17) is 4.74 Å². The van der Waals surface area contributed by atoms with Crippen LogP contribution in [0.3, 0.4) is 0 Å². The molecule has 0 fully saturated rings. The van der Waals surface area contributed by atoms with E-state index in [2.05, 4.69) is 15.0 Å². The zero-order chi connectivity index (χ0) is 15.2. The molecule has 0 amide bonds. The Morgan fingerprint density at radius 2 is 2.10 bits per heavy atom. The predicted octanol–water partition coefficient (Wildman–Crippen LogP) is 0.247. The average Bonchev–Trinajstić information content (AvgIpc) is 2.78. The molecule has 1 rings (SSSR count). The van der Waals surface area contributed by atoms with Crippen molar-refractivity contribution in [2.75, 3.05) is 44.9 Å². The van der Waals surface area contributed by atoms with Crippen molar-refractivity contribution in [3.8, 4) is 5.88 Å². The Labute approximate surface area is 124 Å². The lowest BCUT2D eigenvalue weighted by atomic mass is 10.5. The lowest BCUT2D eigenvalue weighted by molar-refractivity contribution is 0.395. The van der Waals surface area contributed by atoms with E-state index in [1.807, 2.05) is 19.0 Å². The number of aromatic nitrogens is 1. The summed E-state index contributed by atoms with van der Waals surface area (Å²) in [5.41, 5.74) is 0. The first-order valence-corrected chi connectivity index (χ1v) is 8.75. The highest BCUT2D eigenvalue weighted by molar-refractivity contribution is 7.89. The van der Waals surface area contributed by atoms with Gasteiger partial charge in [-0.15, -0.1) is 0 Å². The van der Waals surface area contributed by atoms with Crippen molar-refractivity contribution in [3.63, 3.8) is 0 Å². The summed E-state index contributed by atoms with van der Waals surface area (Å²) in [7, 11) is 2.23. The second-order valence-electron chi connectivity index (χ2n) is 4.32. The number of thiazole rings is 1. The van der Waals surface area contributed by atoms with Gasteiger partial charge < -0.3 is 15.0 Å². The molecule has 0 atom stereocenters. The van der Waals surface area contributed by atoms with Crippen molar-refractivity contribution in [1.82, 2.24) is 15.0 Å². The molecule has 0 aliphatic carbocycles. The SMILES string of the molecule is CCNS(=O)(=O)CCNCc1sc(N(C)C)nc1OC. The fourth-order valence-corrected chi connectivity index (χ4v) is 3.41. The highest BCUT2D eigenvalue weighted by Gasteiger charge is 2.13. The van der Waals surface area contributed by atoms with Crippen LogP contribution in [0, 0.1) is 0 Å². The Balaban J connectivity index is 2.50. The highest BCUT2D eigenvalue weighted by atomic mass is 32.2. The molecule has 1 aromatic heterocycles. The number of hydrogen-bond acceptors (Lipinski definition) is 7. The van der Waals surface area contributed by atoms with Gasteiger partial charge in [0.1, 0.15) is 0 Å². The van der Waals surface area contributed by atoms with E-state index >= 15 is 0 Å². The number of nitrogens with one attached hydrogen (secondary N) is 2. The van der Waals surface area contributed by atoms with Crippen LogP contribution in [0.1, 0.15) is 11.8 Å². The molecule has 0 spiro atoms. The van der Waals surface area contributed by atoms with Gasteiger partial charge in [0, 0.05) is 33.7 Å². The van der Waals surface area contributed by atoms with Crippen molar-refractivity contribution in [2.45, 2.75) is 13.5 Å². The molecular formula is C11H22N4O3S2. The van der Waals surface area contributed by atoms with Gasteiger partial charge in [0.05, 0.1) is 17.7 Å². The normalized spacial score (nSPS) is 11.6. The van der Waals surface area contributed by atoms with Crippen molar-refractivity contribution in [3.05, 3.63) is 4.88 Å². The summed E-state index contributed by atoms with van der Waals surface area (Å²) in [6, 6.07) is 0. The monoisotopic (exact) mass is 322 g/mol. The number of sulfonamides is 1. The standard InChI is InChI=1S/C11H22N4O3S2/c1-5-13-20(16,17)7-6-12-8-9-10(18-4)14-11(19-9)15(2)3/h12-13H,5-8H2,1-4H3. The van der Waals surface area contributed by atoms with E-state index in [1.165, 1.54) is 11.3 Å². The van der Waals surface area contributed by atoms with Gasteiger partial charge in [0.25, 0.3) is 0 Å². The average molecular weight is 322 g/mol. The second kappa shape index (κ2) is 7.77. The Bertz CT molecular complexity index is 514. The maximum Gasteiger partial charge on any atom is 0.230 e. The number of nitrogens with zero attached hydrogens (tertiary/aromatic N) is 2. The van der Waals surface area contributed by atoms with Gasteiger partial charge in [-0.3, -0.25) is 0 Å². The molecule has 0 aromatic carbocycles. The van der Waals surface area contributed by atoms with Crippen LogP contribution in [-0.2, 0) is 16.6 Å². The molecule has 9 heteroatoms. The van der Waals surface area contributed by atoms with Crippen LogP contribution in [0.25, 0.3) is 0 Å². The van der Waals surface area contributed by atoms with Gasteiger partial charge in [-0.25, -0.2) is 13.1 Å². The van der Waals surface area contributed by atoms with E-state index in [0.717, 1.165) is 10.0 Å². The molecule has 1 heterocycles. The Kier molecular flexibility index (Phi) is 6.66. The highest BCUT2D eigenvalue weighted by Crippen LogP contribution is 2.29. The molecule has 0 radical (unpaired) electrons. The van der Waals surface area contributed by atoms with Crippen LogP contribution in [0.2, 0.25) is 0 Å². The molecule has 0 aliphatic heterocycles. The van der Waals surface area contributed by atoms with Gasteiger partial charge in [0.15, 0.2) is 5.13 Å². The molecule has 1 aromatic rings. The maximum absolute atomic E-state index is 11.5. The Hall–Kier alpha value is -0.900. The summed E-state index contributed by atoms with van der Waals surface area (Å²) >= 11 is 1.52. The number of ether oxygens (including phenoxy) is 1. The van der Waals surface area contributed by atoms with Gasteiger partial charge in [-0.2, -0.15) is 4.98 Å². The van der Waals surface area contributed by atoms with E-state index in [0.29, 0.717) is 25.5 Å². The lowest BCUT2D eigenvalue weighted by Crippen LogP contribution is -2.31. The van der Waals surface area contributed by atoms with Crippen molar-refractivity contribution < 1.29 is 13.2 Å². The molecular weight excluding hydrogens is 300 g/mol. The largest absolute Gasteiger partial charge is 0.480 e. The molecule has 0 bridgehead atoms. The zero-order valence-electron chi connectivity index (χ0n) is 12.3. The zero-order valence-corrected chi connectivity index (χ0v) is 13.9. The number of anilines is 1. The molecule has 20 heavy (non-hydrogen) atoms. The third-order valence-corrected chi connectivity index (χ3v) is 5.10. The Morgan fingerprint density at radius 3 is 2.65 bits per heavy atom. The predicted molar refractivity (Wildman–Crippen MR) is 82.2 cm³/mol. The van der Waals surface area contributed by atoms with Crippen molar-refractivity contribution >= 4 is 26.5 Å². The van der Waals surface area contributed by atoms with Crippen LogP contribution in [-0.4, -0.2) is 53.4 Å². The molecule has 0 unspecified atom stereocenters. The van der Waals surface area contributed by atoms with Crippen LogP contribution in [0.15, 0.2) is 0 Å². The summed E-state index contributed by atoms with van der Waals surface area (Å²) < 4.78 is 30.6. The quantitative estimate of drug-likeness (QED) is 0.634. The van der Waals surface area contributed by atoms with Crippen LogP contribution >= 0.6 is 11.3 Å². The Morgan fingerprint density at radius 1 is 1.40 bits per heavy atom. The van der Waals surface area contributed by atoms with Gasteiger partial charge in [-0.1, -0.05) is 18.3 Å². The first-order valence-electron chi connectivity index (χ1n) is 6.28. The van der Waals surface area contributed by atoms with Crippen LogP contribution in [0.5, 0.6) is 5.88 Å². The summed E-state index contributed by atoms with van der Waals surface area (Å²) in [6.07, 6.45) is 0. The van der Waals surface area contributed by atoms with Gasteiger partial charge >= 0.3 is 0 Å². The molecule has 0 saturated carbocycles. The minimum absolute atomic E-state index is 0.0580. The topological polar surface area (TPSA) is 83.6 Å². The fraction of sp³-hybridized carbons (Fsp3) is 0.727. The van der Waals surface area contributed by atoms with Gasteiger partial charge in [-0.05, 0) is 0 Å². The van der Waals surface area contributed by atoms with Crippen molar-refractivity contribution in [1.29, 1.82) is 0 Å². The molecule has 0 aliphatic rings. The third kappa shape index (κ3) is 5.23. The summed E-state index contributed by atoms with van der Waals surface area (Å²) in [5, 5.41) is 3.96. The molecule has 2 N–H and O–H groups in total. The second-order valence-corrected chi connectivity index (χ2v) is 7.31. The first kappa shape index (κ1) is 17.2. The minimum Gasteiger partial charge on any atom is -0.480 e. The van der Waals surface area contributed by atoms with Crippen LogP contribution in [0.4, 0.5) is 5.13 Å². The number of rotatable bonds is 9. The molecule has 0 saturated heterocycles. The van der Waals surface area contributed by atoms with Crippen LogP contribution < -0.4 is 19.7 Å². The maximum atomic E-state index is 11.5. The van der Waals surface area contributed by atoms with Gasteiger partial charge in [0.2, 0.25) is 15.9 Å². The fourth-order valence-electron chi connectivity index (χ4n) is 1.49. The smallest absolute Gasteiger partial charge is 0.230 e. The first-order chi connectivity index (χ1) is 9.39. The minimum atomic E-state index is -3.17. The summed E-state index contributed by atoms with van der Waals surface area (Å²) in [6.45, 7) is 3.09. The number of hydrogen-bond donors (Lipinski definition) is 2. The molecule has 7 nitrogen and oxygen atoms in total. The van der Waals surface area contributed by atoms with E-state index in [1.54, 1.807) is 14.0 Å². The van der Waals surface area contributed by atoms with E-state index in [-0.39, 0.29) is 5.75 Å².